The molecule has 70 valence electrons. The van der Waals surface area contributed by atoms with Gasteiger partial charge in [0, 0.05) is 5.57 Å². The van der Waals surface area contributed by atoms with E-state index < -0.39 is 12.1 Å². The van der Waals surface area contributed by atoms with Gasteiger partial charge in [0.2, 0.25) is 0 Å². The van der Waals surface area contributed by atoms with Crippen molar-refractivity contribution in [3.63, 3.8) is 0 Å². The molecule has 0 aliphatic heterocycles. The number of carboxylic acids is 1. The number of carboxylic acid groups (broad SMARTS) is 1. The van der Waals surface area contributed by atoms with Gasteiger partial charge in [-0.1, -0.05) is 19.8 Å². The zero-order valence-electron chi connectivity index (χ0n) is 7.58. The molecule has 12 heavy (non-hydrogen) atoms. The van der Waals surface area contributed by atoms with Crippen LogP contribution in [0.25, 0.3) is 0 Å². The van der Waals surface area contributed by atoms with Crippen LogP contribution in [0.5, 0.6) is 0 Å². The minimum Gasteiger partial charge on any atom is -0.478 e. The van der Waals surface area contributed by atoms with E-state index in [1.54, 1.807) is 0 Å². The maximum Gasteiger partial charge on any atom is 0.331 e. The number of hydrogen-bond acceptors (Lipinski definition) is 2. The lowest BCUT2D eigenvalue weighted by atomic mass is 10.1. The van der Waals surface area contributed by atoms with Crippen molar-refractivity contribution >= 4 is 5.97 Å². The van der Waals surface area contributed by atoms with Gasteiger partial charge in [-0.2, -0.15) is 0 Å². The van der Waals surface area contributed by atoms with Gasteiger partial charge < -0.3 is 10.2 Å². The molecule has 0 rings (SSSR count). The first-order valence-corrected chi connectivity index (χ1v) is 4.17. The topological polar surface area (TPSA) is 57.5 Å². The molecule has 0 aromatic rings. The summed E-state index contributed by atoms with van der Waals surface area (Å²) in [5.74, 6) is -0.967. The first-order valence-electron chi connectivity index (χ1n) is 4.17. The third-order valence-electron chi connectivity index (χ3n) is 1.63. The Morgan fingerprint density at radius 3 is 2.58 bits per heavy atom. The Hall–Kier alpha value is -0.830. The first-order chi connectivity index (χ1) is 5.57. The van der Waals surface area contributed by atoms with Crippen LogP contribution in [-0.4, -0.2) is 22.3 Å². The zero-order valence-corrected chi connectivity index (χ0v) is 7.58. The summed E-state index contributed by atoms with van der Waals surface area (Å²) in [6.45, 7) is 3.51. The Labute approximate surface area is 72.7 Å². The summed E-state index contributed by atoms with van der Waals surface area (Å²) in [6.07, 6.45) is 3.35. The number of unbranched alkanes of at least 4 members (excludes halogenated alkanes) is 1. The fourth-order valence-corrected chi connectivity index (χ4v) is 0.856. The summed E-state index contributed by atoms with van der Waals surface area (Å²) in [4.78, 5) is 10.3. The number of rotatable bonds is 5. The van der Waals surface area contributed by atoms with Gasteiger partial charge in [0.05, 0.1) is 6.10 Å². The molecule has 1 atom stereocenters. The van der Waals surface area contributed by atoms with Gasteiger partial charge in [-0.15, -0.1) is 0 Å². The second-order valence-corrected chi connectivity index (χ2v) is 2.86. The number of aliphatic hydroxyl groups is 1. The van der Waals surface area contributed by atoms with E-state index in [9.17, 15) is 9.90 Å². The average Bonchev–Trinajstić information content (AvgIpc) is 2.00. The normalized spacial score (nSPS) is 14.4. The summed E-state index contributed by atoms with van der Waals surface area (Å²) < 4.78 is 0. The average molecular weight is 172 g/mol. The van der Waals surface area contributed by atoms with Crippen molar-refractivity contribution in [2.75, 3.05) is 0 Å². The van der Waals surface area contributed by atoms with Gasteiger partial charge in [0.15, 0.2) is 0 Å². The Kier molecular flexibility index (Phi) is 5.37. The van der Waals surface area contributed by atoms with Crippen LogP contribution >= 0.6 is 0 Å². The van der Waals surface area contributed by atoms with Crippen molar-refractivity contribution in [1.82, 2.24) is 0 Å². The first kappa shape index (κ1) is 11.2. The molecule has 3 nitrogen and oxygen atoms in total. The molecule has 1 unspecified atom stereocenters. The number of carbonyl (C=O) groups is 1. The van der Waals surface area contributed by atoms with Gasteiger partial charge in [-0.25, -0.2) is 4.79 Å². The Bertz CT molecular complexity index is 173. The van der Waals surface area contributed by atoms with Crippen LogP contribution in [0, 0.1) is 0 Å². The van der Waals surface area contributed by atoms with E-state index in [0.717, 1.165) is 12.8 Å². The molecule has 0 saturated carbocycles. The van der Waals surface area contributed by atoms with Crippen molar-refractivity contribution in [1.29, 1.82) is 0 Å². The van der Waals surface area contributed by atoms with Crippen molar-refractivity contribution < 1.29 is 15.0 Å². The fraction of sp³-hybridized carbons (Fsp3) is 0.667. The van der Waals surface area contributed by atoms with E-state index >= 15 is 0 Å². The standard InChI is InChI=1S/C9H16O3/c1-3-4-5-8(10)6-7(2)9(11)12/h6,8,10H,3-5H2,1-2H3,(H,11,12). The monoisotopic (exact) mass is 172 g/mol. The second-order valence-electron chi connectivity index (χ2n) is 2.86. The van der Waals surface area contributed by atoms with E-state index in [1.165, 1.54) is 13.0 Å². The molecule has 0 spiro atoms. The van der Waals surface area contributed by atoms with Gasteiger partial charge in [-0.3, -0.25) is 0 Å². The summed E-state index contributed by atoms with van der Waals surface area (Å²) in [5, 5.41) is 17.7. The van der Waals surface area contributed by atoms with Crippen molar-refractivity contribution in [2.45, 2.75) is 39.2 Å². The smallest absolute Gasteiger partial charge is 0.331 e. The van der Waals surface area contributed by atoms with Crippen LogP contribution in [-0.2, 0) is 4.79 Å². The van der Waals surface area contributed by atoms with Crippen molar-refractivity contribution in [2.24, 2.45) is 0 Å². The lowest BCUT2D eigenvalue weighted by molar-refractivity contribution is -0.132. The minimum atomic E-state index is -0.967. The third-order valence-corrected chi connectivity index (χ3v) is 1.63. The Morgan fingerprint density at radius 1 is 1.58 bits per heavy atom. The summed E-state index contributed by atoms with van der Waals surface area (Å²) in [7, 11) is 0. The minimum absolute atomic E-state index is 0.207. The molecule has 2 N–H and O–H groups in total. The van der Waals surface area contributed by atoms with Crippen LogP contribution in [0.4, 0.5) is 0 Å². The van der Waals surface area contributed by atoms with E-state index in [-0.39, 0.29) is 5.57 Å². The van der Waals surface area contributed by atoms with Gasteiger partial charge in [0.25, 0.3) is 0 Å². The molecule has 0 fully saturated rings. The predicted molar refractivity (Wildman–Crippen MR) is 46.9 cm³/mol. The van der Waals surface area contributed by atoms with Crippen LogP contribution in [0.1, 0.15) is 33.1 Å². The molecule has 0 aliphatic carbocycles. The largest absolute Gasteiger partial charge is 0.478 e. The van der Waals surface area contributed by atoms with Crippen LogP contribution in [0.3, 0.4) is 0 Å². The van der Waals surface area contributed by atoms with Crippen LogP contribution in [0.15, 0.2) is 11.6 Å². The predicted octanol–water partition coefficient (Wildman–Crippen LogP) is 1.57. The highest BCUT2D eigenvalue weighted by Crippen LogP contribution is 2.04. The molecule has 0 radical (unpaired) electrons. The Balaban J connectivity index is 3.87. The highest BCUT2D eigenvalue weighted by Gasteiger charge is 2.04. The van der Waals surface area contributed by atoms with Crippen LogP contribution < -0.4 is 0 Å². The zero-order chi connectivity index (χ0) is 9.56. The SMILES string of the molecule is CCCCC(O)C=C(C)C(=O)O. The number of aliphatic carboxylic acids is 1. The van der Waals surface area contributed by atoms with E-state index in [4.69, 9.17) is 5.11 Å². The van der Waals surface area contributed by atoms with Crippen LogP contribution in [0.2, 0.25) is 0 Å². The molecular weight excluding hydrogens is 156 g/mol. The summed E-state index contributed by atoms with van der Waals surface area (Å²) in [5.41, 5.74) is 0.207. The van der Waals surface area contributed by atoms with E-state index in [2.05, 4.69) is 0 Å². The number of aliphatic hydroxyl groups excluding tert-OH is 1. The summed E-state index contributed by atoms with van der Waals surface area (Å²) >= 11 is 0. The molecule has 0 aliphatic rings. The molecule has 0 aromatic carbocycles. The molecule has 0 bridgehead atoms. The highest BCUT2D eigenvalue weighted by atomic mass is 16.4. The second kappa shape index (κ2) is 5.77. The van der Waals surface area contributed by atoms with Gasteiger partial charge in [0.1, 0.15) is 0 Å². The molecular formula is C9H16O3. The van der Waals surface area contributed by atoms with Crippen molar-refractivity contribution in [3.8, 4) is 0 Å². The van der Waals surface area contributed by atoms with Gasteiger partial charge >= 0.3 is 5.97 Å². The summed E-state index contributed by atoms with van der Waals surface area (Å²) in [6, 6.07) is 0. The third kappa shape index (κ3) is 4.91. The van der Waals surface area contributed by atoms with Gasteiger partial charge in [-0.05, 0) is 19.4 Å². The van der Waals surface area contributed by atoms with E-state index in [0.29, 0.717) is 6.42 Å². The fourth-order valence-electron chi connectivity index (χ4n) is 0.856. The molecule has 0 saturated heterocycles. The quantitative estimate of drug-likeness (QED) is 0.619. The number of hydrogen-bond donors (Lipinski definition) is 2. The molecule has 0 amide bonds. The highest BCUT2D eigenvalue weighted by molar-refractivity contribution is 5.85. The lowest BCUT2D eigenvalue weighted by Crippen LogP contribution is -2.06. The lowest BCUT2D eigenvalue weighted by Gasteiger charge is -2.04. The van der Waals surface area contributed by atoms with Crippen molar-refractivity contribution in [3.05, 3.63) is 11.6 Å². The molecule has 3 heteroatoms. The maximum atomic E-state index is 10.3. The maximum absolute atomic E-state index is 10.3. The van der Waals surface area contributed by atoms with E-state index in [1.807, 2.05) is 6.92 Å². The molecule has 0 heterocycles. The molecule has 0 aromatic heterocycles. The Morgan fingerprint density at radius 2 is 2.17 bits per heavy atom.